The molecule has 0 aromatic carbocycles. The van der Waals surface area contributed by atoms with Gasteiger partial charge in [0.05, 0.1) is 11.7 Å². The van der Waals surface area contributed by atoms with Gasteiger partial charge in [-0.3, -0.25) is 4.90 Å². The maximum absolute atomic E-state index is 4.91. The molecule has 1 fully saturated rings. The molecule has 1 atom stereocenters. The average Bonchev–Trinajstić information content (AvgIpc) is 2.83. The zero-order valence-corrected chi connectivity index (χ0v) is 13.9. The van der Waals surface area contributed by atoms with Gasteiger partial charge in [0.1, 0.15) is 5.01 Å². The Morgan fingerprint density at radius 3 is 2.95 bits per heavy atom. The van der Waals surface area contributed by atoms with Crippen LogP contribution in [0.5, 0.6) is 0 Å². The third kappa shape index (κ3) is 3.94. The van der Waals surface area contributed by atoms with E-state index in [9.17, 15) is 0 Å². The van der Waals surface area contributed by atoms with Gasteiger partial charge in [-0.1, -0.05) is 13.8 Å². The lowest BCUT2D eigenvalue weighted by atomic mass is 10.2. The molecule has 1 N–H and O–H groups in total. The first kappa shape index (κ1) is 15.3. The first-order valence-corrected chi connectivity index (χ1v) is 9.20. The lowest BCUT2D eigenvalue weighted by Crippen LogP contribution is -2.32. The SMILES string of the molecule is CCCNCc1sc(C2CSCCN2C)nc1CC. The highest BCUT2D eigenvalue weighted by atomic mass is 32.2. The summed E-state index contributed by atoms with van der Waals surface area (Å²) >= 11 is 3.97. The van der Waals surface area contributed by atoms with Crippen LogP contribution in [0.4, 0.5) is 0 Å². The van der Waals surface area contributed by atoms with E-state index < -0.39 is 0 Å². The second kappa shape index (κ2) is 7.62. The van der Waals surface area contributed by atoms with E-state index in [4.69, 9.17) is 4.98 Å². The lowest BCUT2D eigenvalue weighted by Gasteiger charge is -2.30. The highest BCUT2D eigenvalue weighted by Crippen LogP contribution is 2.32. The molecule has 1 aliphatic heterocycles. The summed E-state index contributed by atoms with van der Waals surface area (Å²) in [6, 6.07) is 0.522. The van der Waals surface area contributed by atoms with E-state index in [0.29, 0.717) is 6.04 Å². The van der Waals surface area contributed by atoms with Gasteiger partial charge in [0.15, 0.2) is 0 Å². The number of hydrogen-bond donors (Lipinski definition) is 1. The van der Waals surface area contributed by atoms with Crippen LogP contribution in [-0.2, 0) is 13.0 Å². The molecular weight excluding hydrogens is 274 g/mol. The monoisotopic (exact) mass is 299 g/mol. The Morgan fingerprint density at radius 2 is 2.26 bits per heavy atom. The van der Waals surface area contributed by atoms with Gasteiger partial charge in [-0.25, -0.2) is 4.98 Å². The zero-order chi connectivity index (χ0) is 13.7. The smallest absolute Gasteiger partial charge is 0.111 e. The quantitative estimate of drug-likeness (QED) is 0.818. The molecule has 1 saturated heterocycles. The predicted octanol–water partition coefficient (Wildman–Crippen LogP) is 2.92. The molecule has 0 spiro atoms. The molecule has 1 aromatic heterocycles. The molecule has 108 valence electrons. The number of aromatic nitrogens is 1. The summed E-state index contributed by atoms with van der Waals surface area (Å²) in [4.78, 5) is 8.80. The van der Waals surface area contributed by atoms with E-state index in [-0.39, 0.29) is 0 Å². The molecule has 1 unspecified atom stereocenters. The minimum absolute atomic E-state index is 0.522. The fourth-order valence-corrected chi connectivity index (χ4v) is 4.90. The second-order valence-electron chi connectivity index (χ2n) is 5.02. The fraction of sp³-hybridized carbons (Fsp3) is 0.786. The van der Waals surface area contributed by atoms with E-state index in [1.165, 1.54) is 40.0 Å². The van der Waals surface area contributed by atoms with Crippen molar-refractivity contribution >= 4 is 23.1 Å². The van der Waals surface area contributed by atoms with Crippen molar-refractivity contribution in [2.24, 2.45) is 0 Å². The maximum Gasteiger partial charge on any atom is 0.111 e. The van der Waals surface area contributed by atoms with Crippen molar-refractivity contribution in [3.8, 4) is 0 Å². The molecule has 0 saturated carbocycles. The van der Waals surface area contributed by atoms with Crippen LogP contribution < -0.4 is 5.32 Å². The van der Waals surface area contributed by atoms with E-state index in [2.05, 4.69) is 42.9 Å². The Balaban J connectivity index is 2.08. The van der Waals surface area contributed by atoms with Crippen molar-refractivity contribution in [2.45, 2.75) is 39.3 Å². The van der Waals surface area contributed by atoms with Crippen molar-refractivity contribution in [3.05, 3.63) is 15.6 Å². The van der Waals surface area contributed by atoms with E-state index in [1.807, 2.05) is 11.3 Å². The molecule has 1 aromatic rings. The van der Waals surface area contributed by atoms with Gasteiger partial charge in [0.2, 0.25) is 0 Å². The third-order valence-corrected chi connectivity index (χ3v) is 5.74. The number of hydrogen-bond acceptors (Lipinski definition) is 5. The summed E-state index contributed by atoms with van der Waals surface area (Å²) in [6.07, 6.45) is 2.23. The molecule has 3 nitrogen and oxygen atoms in total. The molecule has 0 radical (unpaired) electrons. The Kier molecular flexibility index (Phi) is 6.13. The third-order valence-electron chi connectivity index (χ3n) is 3.52. The molecule has 5 heteroatoms. The normalized spacial score (nSPS) is 20.9. The van der Waals surface area contributed by atoms with Gasteiger partial charge in [0.25, 0.3) is 0 Å². The van der Waals surface area contributed by atoms with Crippen LogP contribution in [0.1, 0.15) is 41.9 Å². The summed E-state index contributed by atoms with van der Waals surface area (Å²) < 4.78 is 0. The Morgan fingerprint density at radius 1 is 1.42 bits per heavy atom. The van der Waals surface area contributed by atoms with Crippen LogP contribution in [0.3, 0.4) is 0 Å². The van der Waals surface area contributed by atoms with Crippen LogP contribution in [0.25, 0.3) is 0 Å². The largest absolute Gasteiger partial charge is 0.312 e. The lowest BCUT2D eigenvalue weighted by molar-refractivity contribution is 0.274. The average molecular weight is 300 g/mol. The van der Waals surface area contributed by atoms with Gasteiger partial charge in [0, 0.05) is 29.5 Å². The highest BCUT2D eigenvalue weighted by Gasteiger charge is 2.25. The van der Waals surface area contributed by atoms with Crippen molar-refractivity contribution in [2.75, 3.05) is 31.6 Å². The number of rotatable bonds is 6. The first-order chi connectivity index (χ1) is 9.26. The van der Waals surface area contributed by atoms with Crippen LogP contribution in [-0.4, -0.2) is 41.5 Å². The standard InChI is InChI=1S/C14H25N3S2/c1-4-6-15-9-13-11(5-2)16-14(19-13)12-10-18-8-7-17(12)3/h12,15H,4-10H2,1-3H3. The number of thioether (sulfide) groups is 1. The number of aryl methyl sites for hydroxylation is 1. The number of nitrogens with one attached hydrogen (secondary N) is 1. The van der Waals surface area contributed by atoms with Crippen molar-refractivity contribution in [3.63, 3.8) is 0 Å². The molecule has 0 amide bonds. The van der Waals surface area contributed by atoms with Crippen molar-refractivity contribution in [1.29, 1.82) is 0 Å². The molecule has 2 rings (SSSR count). The minimum atomic E-state index is 0.522. The van der Waals surface area contributed by atoms with Crippen LogP contribution >= 0.6 is 23.1 Å². The van der Waals surface area contributed by atoms with E-state index in [0.717, 1.165) is 19.5 Å². The Hall–Kier alpha value is -0.100. The number of thiazole rings is 1. The molecule has 0 bridgehead atoms. The van der Waals surface area contributed by atoms with Gasteiger partial charge in [-0.15, -0.1) is 11.3 Å². The second-order valence-corrected chi connectivity index (χ2v) is 7.29. The molecular formula is C14H25N3S2. The summed E-state index contributed by atoms with van der Waals surface area (Å²) in [5.41, 5.74) is 1.30. The molecule has 0 aliphatic carbocycles. The Labute approximate surface area is 125 Å². The van der Waals surface area contributed by atoms with E-state index in [1.54, 1.807) is 0 Å². The van der Waals surface area contributed by atoms with Gasteiger partial charge in [-0.2, -0.15) is 11.8 Å². The highest BCUT2D eigenvalue weighted by molar-refractivity contribution is 7.99. The first-order valence-electron chi connectivity index (χ1n) is 7.23. The van der Waals surface area contributed by atoms with Crippen molar-refractivity contribution < 1.29 is 0 Å². The Bertz CT molecular complexity index is 392. The molecule has 2 heterocycles. The number of nitrogens with zero attached hydrogens (tertiary/aromatic N) is 2. The van der Waals surface area contributed by atoms with Crippen LogP contribution in [0.15, 0.2) is 0 Å². The van der Waals surface area contributed by atoms with Gasteiger partial charge < -0.3 is 5.32 Å². The summed E-state index contributed by atoms with van der Waals surface area (Å²) in [6.45, 7) is 7.68. The van der Waals surface area contributed by atoms with Crippen molar-refractivity contribution in [1.82, 2.24) is 15.2 Å². The summed E-state index contributed by atoms with van der Waals surface area (Å²) in [7, 11) is 2.23. The summed E-state index contributed by atoms with van der Waals surface area (Å²) in [5, 5.41) is 4.82. The predicted molar refractivity (Wildman–Crippen MR) is 86.2 cm³/mol. The minimum Gasteiger partial charge on any atom is -0.312 e. The summed E-state index contributed by atoms with van der Waals surface area (Å²) in [5.74, 6) is 2.44. The van der Waals surface area contributed by atoms with Gasteiger partial charge >= 0.3 is 0 Å². The fourth-order valence-electron chi connectivity index (χ4n) is 2.29. The maximum atomic E-state index is 4.91. The molecule has 19 heavy (non-hydrogen) atoms. The zero-order valence-electron chi connectivity index (χ0n) is 12.2. The molecule has 1 aliphatic rings. The van der Waals surface area contributed by atoms with Crippen LogP contribution in [0, 0.1) is 0 Å². The van der Waals surface area contributed by atoms with E-state index >= 15 is 0 Å². The topological polar surface area (TPSA) is 28.2 Å². The van der Waals surface area contributed by atoms with Gasteiger partial charge in [-0.05, 0) is 26.4 Å². The van der Waals surface area contributed by atoms with Crippen LogP contribution in [0.2, 0.25) is 0 Å².